The molecule has 0 saturated heterocycles. The third-order valence-corrected chi connectivity index (χ3v) is 2.96. The number of aliphatic hydroxyl groups is 1. The molecule has 2 heteroatoms. The topological polar surface area (TPSA) is 29.5 Å². The second-order valence-electron chi connectivity index (χ2n) is 4.24. The van der Waals surface area contributed by atoms with E-state index in [0.29, 0.717) is 6.10 Å². The van der Waals surface area contributed by atoms with Gasteiger partial charge in [-0.2, -0.15) is 0 Å². The quantitative estimate of drug-likeness (QED) is 0.823. The van der Waals surface area contributed by atoms with E-state index >= 15 is 0 Å². The van der Waals surface area contributed by atoms with Crippen LogP contribution in [0.1, 0.15) is 44.3 Å². The van der Waals surface area contributed by atoms with Gasteiger partial charge in [0, 0.05) is 5.56 Å². The van der Waals surface area contributed by atoms with E-state index in [2.05, 4.69) is 0 Å². The highest BCUT2D eigenvalue weighted by Gasteiger charge is 2.18. The summed E-state index contributed by atoms with van der Waals surface area (Å²) in [6, 6.07) is 7.76. The Morgan fingerprint density at radius 3 is 2.60 bits per heavy atom. The summed E-state index contributed by atoms with van der Waals surface area (Å²) in [5.74, 6) is 0.847. The predicted octanol–water partition coefficient (Wildman–Crippen LogP) is 3.06. The molecule has 0 amide bonds. The molecule has 1 saturated carbocycles. The van der Waals surface area contributed by atoms with Crippen molar-refractivity contribution in [1.82, 2.24) is 0 Å². The van der Waals surface area contributed by atoms with Gasteiger partial charge < -0.3 is 9.84 Å². The van der Waals surface area contributed by atoms with Crippen LogP contribution in [0.5, 0.6) is 5.75 Å². The van der Waals surface area contributed by atoms with Crippen molar-refractivity contribution >= 4 is 0 Å². The SMILES string of the molecule is CC(O)c1ccccc1OC1CCCC1. The number of rotatable bonds is 3. The van der Waals surface area contributed by atoms with E-state index in [4.69, 9.17) is 4.74 Å². The van der Waals surface area contributed by atoms with Gasteiger partial charge in [0.2, 0.25) is 0 Å². The Hall–Kier alpha value is -1.02. The molecule has 0 bridgehead atoms. The molecule has 1 N–H and O–H groups in total. The van der Waals surface area contributed by atoms with Crippen molar-refractivity contribution in [3.63, 3.8) is 0 Å². The van der Waals surface area contributed by atoms with E-state index in [-0.39, 0.29) is 0 Å². The van der Waals surface area contributed by atoms with Gasteiger partial charge in [-0.1, -0.05) is 18.2 Å². The molecule has 82 valence electrons. The summed E-state index contributed by atoms with van der Waals surface area (Å²) in [7, 11) is 0. The van der Waals surface area contributed by atoms with Gasteiger partial charge in [-0.3, -0.25) is 0 Å². The third kappa shape index (κ3) is 2.51. The maximum absolute atomic E-state index is 9.60. The smallest absolute Gasteiger partial charge is 0.125 e. The summed E-state index contributed by atoms with van der Waals surface area (Å²) >= 11 is 0. The largest absolute Gasteiger partial charge is 0.490 e. The molecule has 1 aliphatic rings. The van der Waals surface area contributed by atoms with Crippen LogP contribution in [0.25, 0.3) is 0 Å². The summed E-state index contributed by atoms with van der Waals surface area (Å²) in [4.78, 5) is 0. The van der Waals surface area contributed by atoms with Crippen molar-refractivity contribution in [1.29, 1.82) is 0 Å². The second-order valence-corrected chi connectivity index (χ2v) is 4.24. The lowest BCUT2D eigenvalue weighted by Gasteiger charge is -2.17. The zero-order valence-electron chi connectivity index (χ0n) is 9.15. The Morgan fingerprint density at radius 2 is 1.93 bits per heavy atom. The lowest BCUT2D eigenvalue weighted by atomic mass is 10.1. The molecule has 1 atom stereocenters. The first-order valence-electron chi connectivity index (χ1n) is 5.71. The minimum atomic E-state index is -0.456. The van der Waals surface area contributed by atoms with Gasteiger partial charge in [-0.25, -0.2) is 0 Å². The van der Waals surface area contributed by atoms with Gasteiger partial charge in [0.15, 0.2) is 0 Å². The van der Waals surface area contributed by atoms with Crippen molar-refractivity contribution in [2.24, 2.45) is 0 Å². The lowest BCUT2D eigenvalue weighted by Crippen LogP contribution is -2.12. The average molecular weight is 206 g/mol. The van der Waals surface area contributed by atoms with Crippen molar-refractivity contribution < 1.29 is 9.84 Å². The van der Waals surface area contributed by atoms with Crippen LogP contribution in [0, 0.1) is 0 Å². The number of para-hydroxylation sites is 1. The van der Waals surface area contributed by atoms with Gasteiger partial charge in [-0.15, -0.1) is 0 Å². The summed E-state index contributed by atoms with van der Waals surface area (Å²) in [6.45, 7) is 1.77. The zero-order valence-corrected chi connectivity index (χ0v) is 9.15. The minimum absolute atomic E-state index is 0.352. The summed E-state index contributed by atoms with van der Waals surface area (Å²) in [5, 5.41) is 9.60. The normalized spacial score (nSPS) is 19.1. The highest BCUT2D eigenvalue weighted by atomic mass is 16.5. The maximum Gasteiger partial charge on any atom is 0.125 e. The Morgan fingerprint density at radius 1 is 1.27 bits per heavy atom. The minimum Gasteiger partial charge on any atom is -0.490 e. The molecule has 1 unspecified atom stereocenters. The highest BCUT2D eigenvalue weighted by molar-refractivity contribution is 5.34. The van der Waals surface area contributed by atoms with E-state index in [0.717, 1.165) is 24.2 Å². The fourth-order valence-corrected chi connectivity index (χ4v) is 2.12. The van der Waals surface area contributed by atoms with Crippen LogP contribution in [-0.2, 0) is 0 Å². The van der Waals surface area contributed by atoms with Crippen LogP contribution in [0.15, 0.2) is 24.3 Å². The van der Waals surface area contributed by atoms with Crippen LogP contribution < -0.4 is 4.74 Å². The van der Waals surface area contributed by atoms with Crippen LogP contribution in [0.3, 0.4) is 0 Å². The molecular weight excluding hydrogens is 188 g/mol. The van der Waals surface area contributed by atoms with Crippen LogP contribution >= 0.6 is 0 Å². The van der Waals surface area contributed by atoms with Crippen molar-refractivity contribution in [2.75, 3.05) is 0 Å². The fourth-order valence-electron chi connectivity index (χ4n) is 2.12. The summed E-state index contributed by atoms with van der Waals surface area (Å²) in [5.41, 5.74) is 0.893. The molecule has 1 aromatic rings. The van der Waals surface area contributed by atoms with Crippen molar-refractivity contribution in [2.45, 2.75) is 44.8 Å². The number of hydrogen-bond donors (Lipinski definition) is 1. The van der Waals surface area contributed by atoms with Gasteiger partial charge in [0.25, 0.3) is 0 Å². The number of hydrogen-bond acceptors (Lipinski definition) is 2. The fraction of sp³-hybridized carbons (Fsp3) is 0.538. The molecule has 0 radical (unpaired) electrons. The summed E-state index contributed by atoms with van der Waals surface area (Å²) in [6.07, 6.45) is 4.72. The first kappa shape index (κ1) is 10.5. The molecule has 0 aliphatic heterocycles. The molecule has 1 aromatic carbocycles. The predicted molar refractivity (Wildman–Crippen MR) is 60.0 cm³/mol. The Kier molecular flexibility index (Phi) is 3.27. The van der Waals surface area contributed by atoms with Gasteiger partial charge in [-0.05, 0) is 38.7 Å². The molecule has 1 fully saturated rings. The number of aliphatic hydroxyl groups excluding tert-OH is 1. The second kappa shape index (κ2) is 4.67. The van der Waals surface area contributed by atoms with Gasteiger partial charge >= 0.3 is 0 Å². The molecule has 2 rings (SSSR count). The molecular formula is C13H18O2. The Bertz CT molecular complexity index is 314. The molecule has 15 heavy (non-hydrogen) atoms. The standard InChI is InChI=1S/C13H18O2/c1-10(14)12-8-4-5-9-13(12)15-11-6-2-3-7-11/h4-5,8-11,14H,2-3,6-7H2,1H3. The van der Waals surface area contributed by atoms with Crippen molar-refractivity contribution in [3.8, 4) is 5.75 Å². The monoisotopic (exact) mass is 206 g/mol. The first-order valence-corrected chi connectivity index (χ1v) is 5.71. The maximum atomic E-state index is 9.60. The van der Waals surface area contributed by atoms with Gasteiger partial charge in [0.1, 0.15) is 5.75 Å². The van der Waals surface area contributed by atoms with E-state index in [1.54, 1.807) is 6.92 Å². The first-order chi connectivity index (χ1) is 7.27. The van der Waals surface area contributed by atoms with Crippen molar-refractivity contribution in [3.05, 3.63) is 29.8 Å². The average Bonchev–Trinajstić information content (AvgIpc) is 2.71. The zero-order chi connectivity index (χ0) is 10.7. The van der Waals surface area contributed by atoms with Crippen LogP contribution in [0.4, 0.5) is 0 Å². The van der Waals surface area contributed by atoms with Crippen LogP contribution in [0.2, 0.25) is 0 Å². The Labute approximate surface area is 90.9 Å². The molecule has 0 heterocycles. The van der Waals surface area contributed by atoms with E-state index < -0.39 is 6.10 Å². The van der Waals surface area contributed by atoms with E-state index in [1.807, 2.05) is 24.3 Å². The molecule has 0 aromatic heterocycles. The van der Waals surface area contributed by atoms with E-state index in [1.165, 1.54) is 12.8 Å². The number of benzene rings is 1. The highest BCUT2D eigenvalue weighted by Crippen LogP contribution is 2.29. The summed E-state index contributed by atoms with van der Waals surface area (Å²) < 4.78 is 5.91. The van der Waals surface area contributed by atoms with E-state index in [9.17, 15) is 5.11 Å². The lowest BCUT2D eigenvalue weighted by molar-refractivity contribution is 0.174. The van der Waals surface area contributed by atoms with Gasteiger partial charge in [0.05, 0.1) is 12.2 Å². The van der Waals surface area contributed by atoms with Crippen LogP contribution in [-0.4, -0.2) is 11.2 Å². The number of ether oxygens (including phenoxy) is 1. The molecule has 1 aliphatic carbocycles. The molecule has 0 spiro atoms. The Balaban J connectivity index is 2.12. The molecule has 2 nitrogen and oxygen atoms in total. The third-order valence-electron chi connectivity index (χ3n) is 2.96.